The van der Waals surface area contributed by atoms with Gasteiger partial charge < -0.3 is 14.3 Å². The van der Waals surface area contributed by atoms with E-state index < -0.39 is 0 Å². The van der Waals surface area contributed by atoms with Crippen LogP contribution in [0.15, 0.2) is 70.1 Å². The lowest BCUT2D eigenvalue weighted by Gasteiger charge is -2.11. The molecule has 0 saturated heterocycles. The first-order chi connectivity index (χ1) is 13.5. The highest BCUT2D eigenvalue weighted by Gasteiger charge is 2.23. The molecule has 0 radical (unpaired) electrons. The number of furan rings is 1. The number of amides is 1. The number of rotatable bonds is 4. The van der Waals surface area contributed by atoms with Crippen molar-refractivity contribution in [3.05, 3.63) is 93.7 Å². The number of fused-ring (bicyclic) bond motifs is 1. The number of hydrogen-bond acceptors (Lipinski definition) is 4. The molecule has 0 bridgehead atoms. The van der Waals surface area contributed by atoms with E-state index in [0.717, 1.165) is 11.1 Å². The number of benzene rings is 2. The number of aryl methyl sites for hydroxylation is 2. The maximum atomic E-state index is 13.0. The number of aromatic nitrogens is 2. The van der Waals surface area contributed by atoms with Crippen molar-refractivity contribution in [1.82, 2.24) is 9.55 Å². The minimum atomic E-state index is -0.387. The largest absolute Gasteiger partial charge is 0.442 e. The van der Waals surface area contributed by atoms with Crippen molar-refractivity contribution < 1.29 is 9.21 Å². The number of carbonyl (C=O) groups is 1. The summed E-state index contributed by atoms with van der Waals surface area (Å²) in [7, 11) is 1.59. The fourth-order valence-corrected chi connectivity index (χ4v) is 3.26. The first kappa shape index (κ1) is 17.7. The van der Waals surface area contributed by atoms with Crippen LogP contribution < -0.4 is 10.9 Å². The second-order valence-corrected chi connectivity index (χ2v) is 6.65. The summed E-state index contributed by atoms with van der Waals surface area (Å²) in [5.41, 5.74) is 2.91. The minimum absolute atomic E-state index is 0.170. The normalized spacial score (nSPS) is 10.9. The fourth-order valence-electron chi connectivity index (χ4n) is 3.26. The number of nitrogens with one attached hydrogen (secondary N) is 1. The quantitative estimate of drug-likeness (QED) is 0.592. The summed E-state index contributed by atoms with van der Waals surface area (Å²) >= 11 is 0. The Kier molecular flexibility index (Phi) is 4.53. The summed E-state index contributed by atoms with van der Waals surface area (Å²) in [6.45, 7) is 1.66. The summed E-state index contributed by atoms with van der Waals surface area (Å²) in [5.74, 6) is -0.0225. The Morgan fingerprint density at radius 1 is 1.11 bits per heavy atom. The molecule has 0 aliphatic carbocycles. The molecule has 28 heavy (non-hydrogen) atoms. The van der Waals surface area contributed by atoms with E-state index >= 15 is 0 Å². The molecular weight excluding hydrogens is 354 g/mol. The van der Waals surface area contributed by atoms with Crippen LogP contribution in [0.2, 0.25) is 0 Å². The number of anilines is 1. The van der Waals surface area contributed by atoms with Gasteiger partial charge in [-0.05, 0) is 30.5 Å². The van der Waals surface area contributed by atoms with Crippen LogP contribution in [0.1, 0.15) is 27.2 Å². The summed E-state index contributed by atoms with van der Waals surface area (Å²) < 4.78 is 6.87. The third-order valence-electron chi connectivity index (χ3n) is 4.68. The fraction of sp³-hybridized carbons (Fsp3) is 0.136. The molecule has 1 amide bonds. The highest BCUT2D eigenvalue weighted by molar-refractivity contribution is 6.12. The zero-order valence-electron chi connectivity index (χ0n) is 15.6. The molecule has 1 N–H and O–H groups in total. The van der Waals surface area contributed by atoms with Gasteiger partial charge in [-0.3, -0.25) is 9.59 Å². The summed E-state index contributed by atoms with van der Waals surface area (Å²) in [6, 6.07) is 17.7. The van der Waals surface area contributed by atoms with E-state index in [-0.39, 0.29) is 28.1 Å². The van der Waals surface area contributed by atoms with E-state index in [2.05, 4.69) is 10.3 Å². The first-order valence-electron chi connectivity index (χ1n) is 8.92. The highest BCUT2D eigenvalue weighted by atomic mass is 16.3. The third kappa shape index (κ3) is 3.20. The average Bonchev–Trinajstić information content (AvgIpc) is 3.04. The molecule has 0 unspecified atom stereocenters. The molecule has 6 heteroatoms. The van der Waals surface area contributed by atoms with Crippen LogP contribution >= 0.6 is 0 Å². The number of carbonyl (C=O) groups excluding carboxylic acids is 1. The molecule has 2 aromatic heterocycles. The third-order valence-corrected chi connectivity index (χ3v) is 4.68. The predicted molar refractivity (Wildman–Crippen MR) is 108 cm³/mol. The molecule has 4 rings (SSSR count). The lowest BCUT2D eigenvalue weighted by molar-refractivity contribution is 0.102. The van der Waals surface area contributed by atoms with E-state index in [0.29, 0.717) is 17.9 Å². The van der Waals surface area contributed by atoms with Crippen molar-refractivity contribution in [1.29, 1.82) is 0 Å². The average molecular weight is 373 g/mol. The molecule has 0 saturated carbocycles. The molecule has 0 fully saturated rings. The minimum Gasteiger partial charge on any atom is -0.442 e. The van der Waals surface area contributed by atoms with Gasteiger partial charge in [0.2, 0.25) is 5.71 Å². The van der Waals surface area contributed by atoms with Gasteiger partial charge in [0, 0.05) is 12.7 Å². The smallest absolute Gasteiger partial charge is 0.265 e. The molecule has 140 valence electrons. The first-order valence-corrected chi connectivity index (χ1v) is 8.92. The SMILES string of the molecule is Cc1oc2ncn(C)c(=O)c2c1C(=O)Nc1ccccc1Cc1ccccc1. The maximum Gasteiger partial charge on any atom is 0.265 e. The number of nitrogens with zero attached hydrogens (tertiary/aromatic N) is 2. The molecule has 0 spiro atoms. The lowest BCUT2D eigenvalue weighted by Crippen LogP contribution is -2.21. The van der Waals surface area contributed by atoms with E-state index in [9.17, 15) is 9.59 Å². The van der Waals surface area contributed by atoms with E-state index in [1.165, 1.54) is 10.9 Å². The molecule has 0 atom stereocenters. The van der Waals surface area contributed by atoms with Crippen LogP contribution in [-0.2, 0) is 13.5 Å². The monoisotopic (exact) mass is 373 g/mol. The Morgan fingerprint density at radius 2 is 1.82 bits per heavy atom. The molecule has 6 nitrogen and oxygen atoms in total. The summed E-state index contributed by atoms with van der Waals surface area (Å²) in [5, 5.41) is 3.13. The second-order valence-electron chi connectivity index (χ2n) is 6.65. The lowest BCUT2D eigenvalue weighted by atomic mass is 10.0. The van der Waals surface area contributed by atoms with Crippen molar-refractivity contribution in [3.63, 3.8) is 0 Å². The van der Waals surface area contributed by atoms with Gasteiger partial charge in [-0.2, -0.15) is 0 Å². The Hall–Kier alpha value is -3.67. The van der Waals surface area contributed by atoms with Crippen LogP contribution in [0, 0.1) is 6.92 Å². The van der Waals surface area contributed by atoms with E-state index in [1.54, 1.807) is 14.0 Å². The molecule has 4 aromatic rings. The molecule has 0 aliphatic rings. The molecule has 2 aromatic carbocycles. The van der Waals surface area contributed by atoms with Gasteiger partial charge in [0.25, 0.3) is 11.5 Å². The Balaban J connectivity index is 1.71. The number of para-hydroxylation sites is 1. The highest BCUT2D eigenvalue weighted by Crippen LogP contribution is 2.24. The topological polar surface area (TPSA) is 77.1 Å². The van der Waals surface area contributed by atoms with E-state index in [1.807, 2.05) is 54.6 Å². The van der Waals surface area contributed by atoms with Crippen LogP contribution in [0.25, 0.3) is 11.1 Å². The van der Waals surface area contributed by atoms with Crippen molar-refractivity contribution in [2.45, 2.75) is 13.3 Å². The standard InChI is InChI=1S/C22H19N3O3/c1-14-18(19-21(28-14)23-13-25(2)22(19)27)20(26)24-17-11-7-6-10-16(17)12-15-8-4-3-5-9-15/h3-11,13H,12H2,1-2H3,(H,24,26). The molecule has 0 aliphatic heterocycles. The zero-order valence-corrected chi connectivity index (χ0v) is 15.6. The van der Waals surface area contributed by atoms with Crippen LogP contribution in [-0.4, -0.2) is 15.5 Å². The Labute approximate surface area is 161 Å². The van der Waals surface area contributed by atoms with E-state index in [4.69, 9.17) is 4.42 Å². The Morgan fingerprint density at radius 3 is 2.61 bits per heavy atom. The Bertz CT molecular complexity index is 1220. The van der Waals surface area contributed by atoms with Crippen LogP contribution in [0.3, 0.4) is 0 Å². The van der Waals surface area contributed by atoms with Gasteiger partial charge in [0.15, 0.2) is 0 Å². The van der Waals surface area contributed by atoms with Gasteiger partial charge in [-0.15, -0.1) is 0 Å². The maximum absolute atomic E-state index is 13.0. The molecular formula is C22H19N3O3. The van der Waals surface area contributed by atoms with Crippen molar-refractivity contribution in [2.75, 3.05) is 5.32 Å². The summed E-state index contributed by atoms with van der Waals surface area (Å²) in [6.07, 6.45) is 2.07. The second kappa shape index (κ2) is 7.15. The number of hydrogen-bond donors (Lipinski definition) is 1. The zero-order chi connectivity index (χ0) is 19.7. The van der Waals surface area contributed by atoms with Gasteiger partial charge in [-0.1, -0.05) is 48.5 Å². The molecule has 2 heterocycles. The van der Waals surface area contributed by atoms with Gasteiger partial charge >= 0.3 is 0 Å². The van der Waals surface area contributed by atoms with Crippen molar-refractivity contribution in [2.24, 2.45) is 7.05 Å². The van der Waals surface area contributed by atoms with Crippen molar-refractivity contribution >= 4 is 22.7 Å². The van der Waals surface area contributed by atoms with Crippen LogP contribution in [0.4, 0.5) is 5.69 Å². The summed E-state index contributed by atoms with van der Waals surface area (Å²) in [4.78, 5) is 29.6. The van der Waals surface area contributed by atoms with Gasteiger partial charge in [0.05, 0.1) is 5.56 Å². The van der Waals surface area contributed by atoms with Crippen LogP contribution in [0.5, 0.6) is 0 Å². The van der Waals surface area contributed by atoms with Gasteiger partial charge in [-0.25, -0.2) is 4.98 Å². The van der Waals surface area contributed by atoms with Gasteiger partial charge in [0.1, 0.15) is 17.5 Å². The van der Waals surface area contributed by atoms with Crippen molar-refractivity contribution in [3.8, 4) is 0 Å². The predicted octanol–water partition coefficient (Wildman–Crippen LogP) is 3.68.